The standard InChI is InChI=1S/C10H17NO5/c1-7(12)11-9(10(13)14)6-16-8-2-4-15-5-3-8/h8-9H,2-6H2,1H3,(H,11,12)(H,13,14)/t9-/m0/s1. The predicted molar refractivity (Wildman–Crippen MR) is 55.0 cm³/mol. The predicted octanol–water partition coefficient (Wildman–Crippen LogP) is -0.229. The first-order chi connectivity index (χ1) is 7.59. The zero-order chi connectivity index (χ0) is 12.0. The first kappa shape index (κ1) is 12.9. The van der Waals surface area contributed by atoms with Crippen LogP contribution in [0.25, 0.3) is 0 Å². The Balaban J connectivity index is 2.30. The van der Waals surface area contributed by atoms with Crippen molar-refractivity contribution in [1.82, 2.24) is 5.32 Å². The summed E-state index contributed by atoms with van der Waals surface area (Å²) in [6, 6.07) is -0.972. The maximum Gasteiger partial charge on any atom is 0.328 e. The van der Waals surface area contributed by atoms with Crippen LogP contribution < -0.4 is 5.32 Å². The van der Waals surface area contributed by atoms with E-state index in [9.17, 15) is 9.59 Å². The number of amides is 1. The normalized spacial score (nSPS) is 19.1. The lowest BCUT2D eigenvalue weighted by Crippen LogP contribution is -2.44. The minimum Gasteiger partial charge on any atom is -0.480 e. The zero-order valence-electron chi connectivity index (χ0n) is 9.27. The van der Waals surface area contributed by atoms with Crippen molar-refractivity contribution in [3.05, 3.63) is 0 Å². The van der Waals surface area contributed by atoms with E-state index in [1.54, 1.807) is 0 Å². The molecule has 0 aromatic rings. The van der Waals surface area contributed by atoms with Crippen LogP contribution >= 0.6 is 0 Å². The second-order valence-corrected chi connectivity index (χ2v) is 3.74. The highest BCUT2D eigenvalue weighted by Crippen LogP contribution is 2.10. The molecule has 0 spiro atoms. The van der Waals surface area contributed by atoms with Crippen LogP contribution in [0.1, 0.15) is 19.8 Å². The molecule has 0 aliphatic carbocycles. The fourth-order valence-electron chi connectivity index (χ4n) is 1.49. The third-order valence-electron chi connectivity index (χ3n) is 2.34. The van der Waals surface area contributed by atoms with Crippen molar-refractivity contribution in [3.8, 4) is 0 Å². The first-order valence-corrected chi connectivity index (χ1v) is 5.29. The molecule has 1 heterocycles. The molecule has 0 saturated carbocycles. The molecule has 92 valence electrons. The fourth-order valence-corrected chi connectivity index (χ4v) is 1.49. The molecule has 1 amide bonds. The largest absolute Gasteiger partial charge is 0.480 e. The number of ether oxygens (including phenoxy) is 2. The maximum absolute atomic E-state index is 10.8. The van der Waals surface area contributed by atoms with Gasteiger partial charge in [-0.2, -0.15) is 0 Å². The topological polar surface area (TPSA) is 84.9 Å². The minimum atomic E-state index is -1.08. The summed E-state index contributed by atoms with van der Waals surface area (Å²) in [4.78, 5) is 21.5. The van der Waals surface area contributed by atoms with Gasteiger partial charge in [-0.05, 0) is 12.8 Å². The van der Waals surface area contributed by atoms with E-state index in [0.29, 0.717) is 13.2 Å². The Morgan fingerprint density at radius 2 is 2.12 bits per heavy atom. The van der Waals surface area contributed by atoms with Gasteiger partial charge in [0.2, 0.25) is 5.91 Å². The highest BCUT2D eigenvalue weighted by molar-refractivity contribution is 5.82. The SMILES string of the molecule is CC(=O)N[C@@H](COC1CCOCC1)C(=O)O. The molecule has 16 heavy (non-hydrogen) atoms. The molecule has 1 saturated heterocycles. The Labute approximate surface area is 93.9 Å². The molecule has 0 bridgehead atoms. The number of carboxylic acids is 1. The van der Waals surface area contributed by atoms with Gasteiger partial charge in [0.25, 0.3) is 0 Å². The van der Waals surface area contributed by atoms with Crippen LogP contribution in [0, 0.1) is 0 Å². The van der Waals surface area contributed by atoms with E-state index in [1.165, 1.54) is 6.92 Å². The Morgan fingerprint density at radius 1 is 1.50 bits per heavy atom. The number of aliphatic carboxylic acids is 1. The van der Waals surface area contributed by atoms with Crippen LogP contribution in [0.2, 0.25) is 0 Å². The number of rotatable bonds is 5. The van der Waals surface area contributed by atoms with E-state index in [0.717, 1.165) is 12.8 Å². The summed E-state index contributed by atoms with van der Waals surface area (Å²) in [7, 11) is 0. The summed E-state index contributed by atoms with van der Waals surface area (Å²) in [5, 5.41) is 11.2. The van der Waals surface area contributed by atoms with Gasteiger partial charge >= 0.3 is 5.97 Å². The van der Waals surface area contributed by atoms with Crippen molar-refractivity contribution in [2.45, 2.75) is 31.9 Å². The molecule has 0 aromatic carbocycles. The van der Waals surface area contributed by atoms with Gasteiger partial charge in [-0.15, -0.1) is 0 Å². The minimum absolute atomic E-state index is 0.000417. The highest BCUT2D eigenvalue weighted by atomic mass is 16.5. The number of hydrogen-bond acceptors (Lipinski definition) is 4. The van der Waals surface area contributed by atoms with Crippen molar-refractivity contribution in [2.75, 3.05) is 19.8 Å². The van der Waals surface area contributed by atoms with Crippen molar-refractivity contribution < 1.29 is 24.2 Å². The molecule has 0 radical (unpaired) electrons. The highest BCUT2D eigenvalue weighted by Gasteiger charge is 2.21. The Hall–Kier alpha value is -1.14. The molecule has 6 nitrogen and oxygen atoms in total. The molecule has 2 N–H and O–H groups in total. The monoisotopic (exact) mass is 231 g/mol. The summed E-state index contributed by atoms with van der Waals surface area (Å²) in [6.45, 7) is 2.56. The van der Waals surface area contributed by atoms with Crippen LogP contribution in [-0.4, -0.2) is 48.9 Å². The van der Waals surface area contributed by atoms with Gasteiger partial charge in [0.05, 0.1) is 12.7 Å². The van der Waals surface area contributed by atoms with E-state index in [1.807, 2.05) is 0 Å². The van der Waals surface area contributed by atoms with Crippen molar-refractivity contribution in [2.24, 2.45) is 0 Å². The molecule has 1 aliphatic heterocycles. The lowest BCUT2D eigenvalue weighted by molar-refractivity contribution is -0.144. The number of carbonyl (C=O) groups excluding carboxylic acids is 1. The van der Waals surface area contributed by atoms with E-state index >= 15 is 0 Å². The van der Waals surface area contributed by atoms with Gasteiger partial charge in [-0.3, -0.25) is 4.79 Å². The molecule has 0 aromatic heterocycles. The summed E-state index contributed by atoms with van der Waals surface area (Å²) >= 11 is 0. The Morgan fingerprint density at radius 3 is 2.62 bits per heavy atom. The second kappa shape index (κ2) is 6.44. The average Bonchev–Trinajstić information content (AvgIpc) is 2.25. The van der Waals surface area contributed by atoms with Gasteiger partial charge in [0, 0.05) is 20.1 Å². The maximum atomic E-state index is 10.8. The third kappa shape index (κ3) is 4.59. The first-order valence-electron chi connectivity index (χ1n) is 5.29. The van der Waals surface area contributed by atoms with E-state index < -0.39 is 12.0 Å². The van der Waals surface area contributed by atoms with E-state index in [-0.39, 0.29) is 18.6 Å². The van der Waals surface area contributed by atoms with Gasteiger partial charge in [-0.1, -0.05) is 0 Å². The third-order valence-corrected chi connectivity index (χ3v) is 2.34. The smallest absolute Gasteiger partial charge is 0.328 e. The van der Waals surface area contributed by atoms with Gasteiger partial charge in [-0.25, -0.2) is 4.79 Å². The Kier molecular flexibility index (Phi) is 5.21. The van der Waals surface area contributed by atoms with Gasteiger partial charge in [0.1, 0.15) is 0 Å². The molecule has 1 rings (SSSR count). The number of nitrogens with one attached hydrogen (secondary N) is 1. The van der Waals surface area contributed by atoms with Crippen molar-refractivity contribution >= 4 is 11.9 Å². The van der Waals surface area contributed by atoms with Crippen LogP contribution in [0.3, 0.4) is 0 Å². The van der Waals surface area contributed by atoms with Crippen LogP contribution in [0.4, 0.5) is 0 Å². The molecule has 0 unspecified atom stereocenters. The summed E-state index contributed by atoms with van der Waals surface area (Å²) in [5.41, 5.74) is 0. The van der Waals surface area contributed by atoms with Crippen molar-refractivity contribution in [3.63, 3.8) is 0 Å². The summed E-state index contributed by atoms with van der Waals surface area (Å²) < 4.78 is 10.6. The van der Waals surface area contributed by atoms with Gasteiger partial charge < -0.3 is 19.9 Å². The summed E-state index contributed by atoms with van der Waals surface area (Å²) in [5.74, 6) is -1.45. The van der Waals surface area contributed by atoms with Crippen molar-refractivity contribution in [1.29, 1.82) is 0 Å². The molecular weight excluding hydrogens is 214 g/mol. The van der Waals surface area contributed by atoms with Crippen LogP contribution in [-0.2, 0) is 19.1 Å². The lowest BCUT2D eigenvalue weighted by Gasteiger charge is -2.24. The van der Waals surface area contributed by atoms with Crippen LogP contribution in [0.5, 0.6) is 0 Å². The molecule has 1 fully saturated rings. The molecular formula is C10H17NO5. The van der Waals surface area contributed by atoms with Crippen LogP contribution in [0.15, 0.2) is 0 Å². The fraction of sp³-hybridized carbons (Fsp3) is 0.800. The Bertz CT molecular complexity index is 250. The molecule has 1 aliphatic rings. The van der Waals surface area contributed by atoms with E-state index in [4.69, 9.17) is 14.6 Å². The van der Waals surface area contributed by atoms with Gasteiger partial charge in [0.15, 0.2) is 6.04 Å². The number of carboxylic acid groups (broad SMARTS) is 1. The number of hydrogen-bond donors (Lipinski definition) is 2. The second-order valence-electron chi connectivity index (χ2n) is 3.74. The zero-order valence-corrected chi connectivity index (χ0v) is 9.27. The lowest BCUT2D eigenvalue weighted by atomic mass is 10.1. The quantitative estimate of drug-likeness (QED) is 0.682. The molecule has 6 heteroatoms. The average molecular weight is 231 g/mol. The molecule has 1 atom stereocenters. The number of carbonyl (C=O) groups is 2. The van der Waals surface area contributed by atoms with E-state index in [2.05, 4.69) is 5.32 Å². The summed E-state index contributed by atoms with van der Waals surface area (Å²) in [6.07, 6.45) is 1.57.